The van der Waals surface area contributed by atoms with Crippen molar-refractivity contribution in [2.75, 3.05) is 14.2 Å². The summed E-state index contributed by atoms with van der Waals surface area (Å²) in [6.45, 7) is 0. The predicted molar refractivity (Wildman–Crippen MR) is 136 cm³/mol. The normalized spacial score (nSPS) is 13.0. The van der Waals surface area contributed by atoms with Gasteiger partial charge >= 0.3 is 5.97 Å². The zero-order valence-corrected chi connectivity index (χ0v) is 20.6. The molecule has 174 valence electrons. The number of carbonyl (C=O) groups excluding carboxylic acids is 1. The number of fused-ring (bicyclic) bond motifs is 3. The van der Waals surface area contributed by atoms with Crippen LogP contribution in [-0.2, 0) is 23.3 Å². The number of ether oxygens (including phenoxy) is 2. The highest BCUT2D eigenvalue weighted by Gasteiger charge is 2.23. The van der Waals surface area contributed by atoms with E-state index >= 15 is 0 Å². The molecule has 0 spiro atoms. The third-order valence-electron chi connectivity index (χ3n) is 6.01. The minimum atomic E-state index is -0.361. The summed E-state index contributed by atoms with van der Waals surface area (Å²) in [4.78, 5) is 32.7. The molecule has 0 bridgehead atoms. The minimum absolute atomic E-state index is 0.0267. The molecular weight excluding hydrogens is 468 g/mol. The number of esters is 1. The predicted octanol–water partition coefficient (Wildman–Crippen LogP) is 5.41. The first-order valence-corrected chi connectivity index (χ1v) is 12.9. The summed E-state index contributed by atoms with van der Waals surface area (Å²) in [6.07, 6.45) is 4.22. The van der Waals surface area contributed by atoms with E-state index in [1.54, 1.807) is 35.1 Å². The molecule has 0 aliphatic heterocycles. The molecule has 34 heavy (non-hydrogen) atoms. The van der Waals surface area contributed by atoms with Gasteiger partial charge in [0.2, 0.25) is 0 Å². The molecule has 0 N–H and O–H groups in total. The van der Waals surface area contributed by atoms with Crippen molar-refractivity contribution in [3.05, 3.63) is 80.5 Å². The first-order chi connectivity index (χ1) is 16.6. The Balaban J connectivity index is 1.58. The fraction of sp³-hybridized carbons (Fsp3) is 0.269. The topological polar surface area (TPSA) is 70.4 Å². The average molecular weight is 493 g/mol. The molecule has 2 aromatic carbocycles. The van der Waals surface area contributed by atoms with Crippen LogP contribution >= 0.6 is 23.1 Å². The van der Waals surface area contributed by atoms with Crippen LogP contribution < -0.4 is 10.3 Å². The van der Waals surface area contributed by atoms with Crippen molar-refractivity contribution in [1.82, 2.24) is 9.55 Å². The highest BCUT2D eigenvalue weighted by Crippen LogP contribution is 2.36. The van der Waals surface area contributed by atoms with Crippen LogP contribution in [0.15, 0.2) is 58.5 Å². The SMILES string of the molecule is COC(=O)c1ccc(CSc2nc3sc4c(c3c(=O)n2-c2cccc(OC)c2)CCCC4)cc1. The van der Waals surface area contributed by atoms with E-state index in [9.17, 15) is 9.59 Å². The van der Waals surface area contributed by atoms with Gasteiger partial charge in [-0.2, -0.15) is 0 Å². The van der Waals surface area contributed by atoms with E-state index in [1.165, 1.54) is 29.3 Å². The van der Waals surface area contributed by atoms with Crippen LogP contribution in [0.4, 0.5) is 0 Å². The van der Waals surface area contributed by atoms with Gasteiger partial charge in [-0.3, -0.25) is 9.36 Å². The van der Waals surface area contributed by atoms with E-state index in [0.29, 0.717) is 22.2 Å². The zero-order valence-electron chi connectivity index (χ0n) is 19.0. The lowest BCUT2D eigenvalue weighted by Crippen LogP contribution is -2.22. The number of nitrogens with zero attached hydrogens (tertiary/aromatic N) is 2. The molecule has 0 saturated carbocycles. The second-order valence-corrected chi connectivity index (χ2v) is 10.1. The van der Waals surface area contributed by atoms with Crippen molar-refractivity contribution < 1.29 is 14.3 Å². The molecule has 0 atom stereocenters. The van der Waals surface area contributed by atoms with Crippen molar-refractivity contribution in [1.29, 1.82) is 0 Å². The maximum atomic E-state index is 13.9. The molecule has 0 fully saturated rings. The molecular formula is C26H24N2O4S2. The smallest absolute Gasteiger partial charge is 0.337 e. The number of carbonyl (C=O) groups is 1. The summed E-state index contributed by atoms with van der Waals surface area (Å²) in [6, 6.07) is 14.8. The Morgan fingerprint density at radius 2 is 1.91 bits per heavy atom. The minimum Gasteiger partial charge on any atom is -0.497 e. The Hall–Kier alpha value is -3.10. The number of benzene rings is 2. The van der Waals surface area contributed by atoms with Gasteiger partial charge in [0.1, 0.15) is 10.6 Å². The summed E-state index contributed by atoms with van der Waals surface area (Å²) in [5.41, 5.74) is 3.41. The Bertz CT molecular complexity index is 1420. The van der Waals surface area contributed by atoms with E-state index in [1.807, 2.05) is 36.4 Å². The maximum Gasteiger partial charge on any atom is 0.337 e. The van der Waals surface area contributed by atoms with Gasteiger partial charge < -0.3 is 9.47 Å². The number of hydrogen-bond donors (Lipinski definition) is 0. The van der Waals surface area contributed by atoms with Crippen LogP contribution in [-0.4, -0.2) is 29.7 Å². The lowest BCUT2D eigenvalue weighted by atomic mass is 9.97. The van der Waals surface area contributed by atoms with Crippen LogP contribution in [0.25, 0.3) is 15.9 Å². The van der Waals surface area contributed by atoms with E-state index in [4.69, 9.17) is 14.5 Å². The van der Waals surface area contributed by atoms with Gasteiger partial charge in [0, 0.05) is 16.7 Å². The third-order valence-corrected chi connectivity index (χ3v) is 8.21. The van der Waals surface area contributed by atoms with Crippen LogP contribution in [0.2, 0.25) is 0 Å². The van der Waals surface area contributed by atoms with Gasteiger partial charge in [-0.1, -0.05) is 30.0 Å². The van der Waals surface area contributed by atoms with E-state index in [0.717, 1.165) is 47.2 Å². The van der Waals surface area contributed by atoms with Crippen molar-refractivity contribution in [2.45, 2.75) is 36.6 Å². The summed E-state index contributed by atoms with van der Waals surface area (Å²) in [7, 11) is 2.99. The van der Waals surface area contributed by atoms with Crippen LogP contribution in [0.1, 0.15) is 39.2 Å². The second-order valence-electron chi connectivity index (χ2n) is 8.10. The highest BCUT2D eigenvalue weighted by molar-refractivity contribution is 7.98. The Labute approximate surface area is 205 Å². The summed E-state index contributed by atoms with van der Waals surface area (Å²) < 4.78 is 11.9. The van der Waals surface area contributed by atoms with Crippen LogP contribution in [0, 0.1) is 0 Å². The molecule has 0 saturated heterocycles. The standard InChI is InChI=1S/C26H24N2O4S2/c1-31-19-7-5-6-18(14-19)28-24(29)22-20-8-3-4-9-21(20)34-23(22)27-26(28)33-15-16-10-12-17(13-11-16)25(30)32-2/h5-7,10-14H,3-4,8-9,15H2,1-2H3. The third kappa shape index (κ3) is 4.23. The summed E-state index contributed by atoms with van der Waals surface area (Å²) in [5.74, 6) is 0.931. The molecule has 0 amide bonds. The summed E-state index contributed by atoms with van der Waals surface area (Å²) in [5, 5.41) is 1.40. The van der Waals surface area contributed by atoms with E-state index in [2.05, 4.69) is 0 Å². The van der Waals surface area contributed by atoms with Crippen LogP contribution in [0.3, 0.4) is 0 Å². The van der Waals surface area contributed by atoms with Crippen molar-refractivity contribution in [2.24, 2.45) is 0 Å². The number of aromatic nitrogens is 2. The number of aryl methyl sites for hydroxylation is 2. The Kier molecular flexibility index (Phi) is 6.43. The van der Waals surface area contributed by atoms with Gasteiger partial charge in [-0.25, -0.2) is 9.78 Å². The summed E-state index contributed by atoms with van der Waals surface area (Å²) >= 11 is 3.16. The quantitative estimate of drug-likeness (QED) is 0.204. The molecule has 8 heteroatoms. The first-order valence-electron chi connectivity index (χ1n) is 11.1. The molecule has 2 aromatic heterocycles. The maximum absolute atomic E-state index is 13.9. The average Bonchev–Trinajstić information content (AvgIpc) is 3.26. The lowest BCUT2D eigenvalue weighted by molar-refractivity contribution is 0.0600. The van der Waals surface area contributed by atoms with Gasteiger partial charge in [-0.15, -0.1) is 11.3 Å². The fourth-order valence-corrected chi connectivity index (χ4v) is 6.53. The number of rotatable bonds is 6. The highest BCUT2D eigenvalue weighted by atomic mass is 32.2. The number of thioether (sulfide) groups is 1. The molecule has 1 aliphatic carbocycles. The van der Waals surface area contributed by atoms with Gasteiger partial charge in [-0.05, 0) is 61.1 Å². The molecule has 2 heterocycles. The largest absolute Gasteiger partial charge is 0.497 e. The molecule has 1 aliphatic rings. The Morgan fingerprint density at radius 1 is 1.12 bits per heavy atom. The zero-order chi connectivity index (χ0) is 23.7. The molecule has 5 rings (SSSR count). The fourth-order valence-electron chi connectivity index (χ4n) is 4.26. The first kappa shape index (κ1) is 22.7. The van der Waals surface area contributed by atoms with Gasteiger partial charge in [0.15, 0.2) is 5.16 Å². The van der Waals surface area contributed by atoms with Gasteiger partial charge in [0.05, 0.1) is 30.9 Å². The second kappa shape index (κ2) is 9.64. The van der Waals surface area contributed by atoms with Crippen molar-refractivity contribution in [3.63, 3.8) is 0 Å². The van der Waals surface area contributed by atoms with E-state index in [-0.39, 0.29) is 11.5 Å². The van der Waals surface area contributed by atoms with Gasteiger partial charge in [0.25, 0.3) is 5.56 Å². The lowest BCUT2D eigenvalue weighted by Gasteiger charge is -2.14. The van der Waals surface area contributed by atoms with Crippen LogP contribution in [0.5, 0.6) is 5.75 Å². The molecule has 4 aromatic rings. The van der Waals surface area contributed by atoms with E-state index < -0.39 is 0 Å². The Morgan fingerprint density at radius 3 is 2.68 bits per heavy atom. The number of methoxy groups -OCH3 is 2. The van der Waals surface area contributed by atoms with Crippen molar-refractivity contribution >= 4 is 39.3 Å². The molecule has 0 unspecified atom stereocenters. The molecule has 0 radical (unpaired) electrons. The molecule has 6 nitrogen and oxygen atoms in total. The van der Waals surface area contributed by atoms with Crippen molar-refractivity contribution in [3.8, 4) is 11.4 Å². The number of thiophene rings is 1. The monoisotopic (exact) mass is 492 g/mol. The number of hydrogen-bond acceptors (Lipinski definition) is 7.